The number of carbonyl (C=O) groups is 2. The third-order valence-corrected chi connectivity index (χ3v) is 4.92. The molecule has 1 N–H and O–H groups in total. The number of nitrogens with zero attached hydrogens (tertiary/aromatic N) is 1. The van der Waals surface area contributed by atoms with Crippen LogP contribution in [0.2, 0.25) is 0 Å². The van der Waals surface area contributed by atoms with Gasteiger partial charge in [-0.15, -0.1) is 0 Å². The molecule has 7 heteroatoms. The van der Waals surface area contributed by atoms with Crippen molar-refractivity contribution in [3.63, 3.8) is 0 Å². The van der Waals surface area contributed by atoms with E-state index in [0.717, 1.165) is 24.2 Å². The van der Waals surface area contributed by atoms with E-state index >= 15 is 0 Å². The highest BCUT2D eigenvalue weighted by Crippen LogP contribution is 2.33. The SMILES string of the molecule is COc1cccc(/C=C2/SC(=S)N(CCCCCC(=O)O)C2=O)c1. The number of aliphatic carboxylic acids is 1. The van der Waals surface area contributed by atoms with Crippen LogP contribution in [0.5, 0.6) is 5.75 Å². The van der Waals surface area contributed by atoms with Gasteiger partial charge in [-0.2, -0.15) is 0 Å². The molecule has 1 fully saturated rings. The van der Waals surface area contributed by atoms with E-state index in [4.69, 9.17) is 22.1 Å². The monoisotopic (exact) mass is 365 g/mol. The third-order valence-electron chi connectivity index (χ3n) is 3.54. The van der Waals surface area contributed by atoms with Gasteiger partial charge in [0.15, 0.2) is 0 Å². The molecule has 24 heavy (non-hydrogen) atoms. The van der Waals surface area contributed by atoms with Gasteiger partial charge in [0.2, 0.25) is 0 Å². The number of rotatable bonds is 8. The first kappa shape index (κ1) is 18.5. The Balaban J connectivity index is 1.95. The van der Waals surface area contributed by atoms with Gasteiger partial charge in [-0.05, 0) is 36.6 Å². The van der Waals surface area contributed by atoms with Gasteiger partial charge in [0.05, 0.1) is 12.0 Å². The summed E-state index contributed by atoms with van der Waals surface area (Å²) in [7, 11) is 1.60. The van der Waals surface area contributed by atoms with Crippen LogP contribution in [0.4, 0.5) is 0 Å². The van der Waals surface area contributed by atoms with Crippen molar-refractivity contribution in [3.8, 4) is 5.75 Å². The molecule has 0 aliphatic carbocycles. The van der Waals surface area contributed by atoms with Gasteiger partial charge in [-0.25, -0.2) is 0 Å². The van der Waals surface area contributed by atoms with Gasteiger partial charge in [-0.3, -0.25) is 14.5 Å². The molecule has 1 aliphatic rings. The first-order chi connectivity index (χ1) is 11.5. The lowest BCUT2D eigenvalue weighted by atomic mass is 10.2. The van der Waals surface area contributed by atoms with Gasteiger partial charge >= 0.3 is 5.97 Å². The Morgan fingerprint density at radius 1 is 1.38 bits per heavy atom. The molecule has 1 aromatic carbocycles. The summed E-state index contributed by atoms with van der Waals surface area (Å²) >= 11 is 6.58. The Labute approximate surface area is 150 Å². The maximum atomic E-state index is 12.5. The smallest absolute Gasteiger partial charge is 0.303 e. The first-order valence-corrected chi connectivity index (χ1v) is 8.85. The van der Waals surface area contributed by atoms with E-state index in [9.17, 15) is 9.59 Å². The minimum Gasteiger partial charge on any atom is -0.497 e. The standard InChI is InChI=1S/C17H19NO4S2/c1-22-13-7-5-6-12(10-13)11-14-16(21)18(17(23)24-14)9-4-2-3-8-15(19)20/h5-7,10-11H,2-4,8-9H2,1H3,(H,19,20)/b14-11+. The molecule has 1 aromatic rings. The van der Waals surface area contributed by atoms with Crippen molar-refractivity contribution in [2.45, 2.75) is 25.7 Å². The second-order valence-corrected chi connectivity index (χ2v) is 6.99. The van der Waals surface area contributed by atoms with E-state index < -0.39 is 5.97 Å². The van der Waals surface area contributed by atoms with E-state index in [1.54, 1.807) is 12.0 Å². The van der Waals surface area contributed by atoms with E-state index in [0.29, 0.717) is 22.2 Å². The Morgan fingerprint density at radius 2 is 2.17 bits per heavy atom. The zero-order valence-electron chi connectivity index (χ0n) is 13.4. The molecule has 1 amide bonds. The molecule has 1 aliphatic heterocycles. The number of ether oxygens (including phenoxy) is 1. The van der Waals surface area contributed by atoms with Crippen molar-refractivity contribution >= 4 is 46.3 Å². The van der Waals surface area contributed by atoms with E-state index in [2.05, 4.69) is 0 Å². The minimum absolute atomic E-state index is 0.0916. The summed E-state index contributed by atoms with van der Waals surface area (Å²) < 4.78 is 5.73. The summed E-state index contributed by atoms with van der Waals surface area (Å²) in [5, 5.41) is 8.62. The Hall–Kier alpha value is -1.86. The van der Waals surface area contributed by atoms with E-state index in [1.165, 1.54) is 11.8 Å². The number of carboxylic acids is 1. The van der Waals surface area contributed by atoms with Crippen LogP contribution in [-0.2, 0) is 9.59 Å². The molecule has 0 atom stereocenters. The number of carbonyl (C=O) groups excluding carboxylic acids is 1. The fraction of sp³-hybridized carbons (Fsp3) is 0.353. The lowest BCUT2D eigenvalue weighted by molar-refractivity contribution is -0.137. The van der Waals surface area contributed by atoms with E-state index in [1.807, 2.05) is 30.3 Å². The molecule has 0 spiro atoms. The summed E-state index contributed by atoms with van der Waals surface area (Å²) in [5.41, 5.74) is 0.885. The molecule has 1 heterocycles. The van der Waals surface area contributed by atoms with Crippen molar-refractivity contribution < 1.29 is 19.4 Å². The number of hydrogen-bond donors (Lipinski definition) is 1. The fourth-order valence-corrected chi connectivity index (χ4v) is 3.61. The molecule has 2 rings (SSSR count). The molecule has 0 saturated carbocycles. The highest BCUT2D eigenvalue weighted by atomic mass is 32.2. The van der Waals surface area contributed by atoms with Crippen LogP contribution in [0, 0.1) is 0 Å². The Morgan fingerprint density at radius 3 is 2.88 bits per heavy atom. The van der Waals surface area contributed by atoms with Crippen molar-refractivity contribution in [1.29, 1.82) is 0 Å². The van der Waals surface area contributed by atoms with Crippen molar-refractivity contribution in [2.75, 3.05) is 13.7 Å². The number of unbranched alkanes of at least 4 members (excludes halogenated alkanes) is 2. The summed E-state index contributed by atoms with van der Waals surface area (Å²) in [4.78, 5) is 25.1. The van der Waals surface area contributed by atoms with Crippen LogP contribution >= 0.6 is 24.0 Å². The molecule has 1 saturated heterocycles. The normalized spacial score (nSPS) is 16.0. The van der Waals surface area contributed by atoms with Crippen LogP contribution in [0.3, 0.4) is 0 Å². The van der Waals surface area contributed by atoms with Gasteiger partial charge in [0.1, 0.15) is 10.1 Å². The average Bonchev–Trinajstić information content (AvgIpc) is 2.81. The third kappa shape index (κ3) is 5.07. The maximum Gasteiger partial charge on any atom is 0.303 e. The summed E-state index contributed by atoms with van der Waals surface area (Å²) in [6, 6.07) is 7.48. The number of benzene rings is 1. The van der Waals surface area contributed by atoms with Crippen molar-refractivity contribution in [2.24, 2.45) is 0 Å². The lowest BCUT2D eigenvalue weighted by Gasteiger charge is -2.13. The predicted molar refractivity (Wildman–Crippen MR) is 99.0 cm³/mol. The summed E-state index contributed by atoms with van der Waals surface area (Å²) in [6.45, 7) is 0.528. The van der Waals surface area contributed by atoms with Gasteiger partial charge in [-0.1, -0.05) is 42.5 Å². The van der Waals surface area contributed by atoms with Crippen LogP contribution in [0.25, 0.3) is 6.08 Å². The van der Waals surface area contributed by atoms with Crippen LogP contribution in [0.15, 0.2) is 29.2 Å². The maximum absolute atomic E-state index is 12.5. The molecule has 128 valence electrons. The highest BCUT2D eigenvalue weighted by Gasteiger charge is 2.31. The Bertz CT molecular complexity index is 672. The number of carboxylic acid groups (broad SMARTS) is 1. The van der Waals surface area contributed by atoms with Crippen molar-refractivity contribution in [3.05, 3.63) is 34.7 Å². The zero-order chi connectivity index (χ0) is 17.5. The van der Waals surface area contributed by atoms with Gasteiger partial charge in [0, 0.05) is 13.0 Å². The Kier molecular flexibility index (Phi) is 6.81. The fourth-order valence-electron chi connectivity index (χ4n) is 2.30. The second-order valence-electron chi connectivity index (χ2n) is 5.31. The van der Waals surface area contributed by atoms with Gasteiger partial charge in [0.25, 0.3) is 5.91 Å². The molecular formula is C17H19NO4S2. The van der Waals surface area contributed by atoms with Crippen molar-refractivity contribution in [1.82, 2.24) is 4.90 Å². The molecule has 0 unspecified atom stereocenters. The lowest BCUT2D eigenvalue weighted by Crippen LogP contribution is -2.29. The molecule has 0 bridgehead atoms. The number of methoxy groups -OCH3 is 1. The quantitative estimate of drug-likeness (QED) is 0.432. The van der Waals surface area contributed by atoms with Gasteiger partial charge < -0.3 is 9.84 Å². The summed E-state index contributed by atoms with van der Waals surface area (Å²) in [5.74, 6) is -0.148. The van der Waals surface area contributed by atoms with Crippen LogP contribution in [0.1, 0.15) is 31.2 Å². The van der Waals surface area contributed by atoms with Crippen LogP contribution in [-0.4, -0.2) is 39.9 Å². The zero-order valence-corrected chi connectivity index (χ0v) is 15.0. The second kappa shape index (κ2) is 8.84. The largest absolute Gasteiger partial charge is 0.497 e. The summed E-state index contributed by atoms with van der Waals surface area (Å²) in [6.07, 6.45) is 4.09. The number of hydrogen-bond acceptors (Lipinski definition) is 5. The highest BCUT2D eigenvalue weighted by molar-refractivity contribution is 8.26. The number of amides is 1. The number of thioether (sulfide) groups is 1. The topological polar surface area (TPSA) is 66.8 Å². The molecule has 5 nitrogen and oxygen atoms in total. The minimum atomic E-state index is -0.790. The van der Waals surface area contributed by atoms with E-state index in [-0.39, 0.29) is 12.3 Å². The first-order valence-electron chi connectivity index (χ1n) is 7.62. The molecule has 0 aromatic heterocycles. The molecular weight excluding hydrogens is 346 g/mol. The van der Waals surface area contributed by atoms with Crippen LogP contribution < -0.4 is 4.74 Å². The average molecular weight is 365 g/mol. The predicted octanol–water partition coefficient (Wildman–Crippen LogP) is 3.54. The molecule has 0 radical (unpaired) electrons. The number of thiocarbonyl (C=S) groups is 1.